The molecule has 2 aliphatic rings. The fourth-order valence-electron chi connectivity index (χ4n) is 3.36. The summed E-state index contributed by atoms with van der Waals surface area (Å²) >= 11 is 0. The maximum absolute atomic E-state index is 12.9. The van der Waals surface area contributed by atoms with Crippen LogP contribution in [0.5, 0.6) is 11.5 Å². The van der Waals surface area contributed by atoms with E-state index < -0.39 is 10.0 Å². The zero-order valence-corrected chi connectivity index (χ0v) is 16.1. The Kier molecular flexibility index (Phi) is 4.84. The number of benzene rings is 2. The van der Waals surface area contributed by atoms with Gasteiger partial charge in [0, 0.05) is 6.07 Å². The van der Waals surface area contributed by atoms with E-state index in [0.717, 1.165) is 31.9 Å². The third-order valence-electron chi connectivity index (χ3n) is 4.93. The van der Waals surface area contributed by atoms with E-state index in [1.165, 1.54) is 17.0 Å². The number of quaternary nitrogens is 1. The van der Waals surface area contributed by atoms with Crippen LogP contribution in [0.2, 0.25) is 0 Å². The highest BCUT2D eigenvalue weighted by atomic mass is 32.2. The van der Waals surface area contributed by atoms with E-state index >= 15 is 0 Å². The van der Waals surface area contributed by atoms with Crippen molar-refractivity contribution in [3.63, 3.8) is 0 Å². The maximum atomic E-state index is 12.9. The van der Waals surface area contributed by atoms with E-state index in [0.29, 0.717) is 30.4 Å². The van der Waals surface area contributed by atoms with Gasteiger partial charge in [0.2, 0.25) is 0 Å². The predicted octanol–water partition coefficient (Wildman–Crippen LogP) is 0.593. The van der Waals surface area contributed by atoms with Crippen LogP contribution >= 0.6 is 0 Å². The van der Waals surface area contributed by atoms with E-state index in [4.69, 9.17) is 9.47 Å². The van der Waals surface area contributed by atoms with Crippen molar-refractivity contribution in [2.24, 2.45) is 0 Å². The van der Waals surface area contributed by atoms with Crippen molar-refractivity contribution in [2.75, 3.05) is 56.1 Å². The number of para-hydroxylation sites is 2. The standard InChI is InChI=1S/C19H23N3O4S/c1-21-8-10-22(11-9-21)17-5-3-2-4-16(17)20-27(23,24)15-6-7-18-19(14-15)26-13-12-25-18/h2-7,14,20H,8-13H2,1H3/p+1. The molecular weight excluding hydrogens is 366 g/mol. The minimum atomic E-state index is -3.74. The summed E-state index contributed by atoms with van der Waals surface area (Å²) in [5, 5.41) is 0. The summed E-state index contributed by atoms with van der Waals surface area (Å²) in [6, 6.07) is 12.2. The second-order valence-electron chi connectivity index (χ2n) is 6.87. The molecule has 4 rings (SSSR count). The fraction of sp³-hybridized carbons (Fsp3) is 0.368. The third kappa shape index (κ3) is 3.81. The molecule has 2 N–H and O–H groups in total. The van der Waals surface area contributed by atoms with Crippen LogP contribution in [0.25, 0.3) is 0 Å². The molecule has 1 fully saturated rings. The number of anilines is 2. The average molecular weight is 390 g/mol. The smallest absolute Gasteiger partial charge is 0.262 e. The Morgan fingerprint density at radius 1 is 1.00 bits per heavy atom. The zero-order chi connectivity index (χ0) is 18.9. The number of likely N-dealkylation sites (N-methyl/N-ethyl adjacent to an activating group) is 1. The van der Waals surface area contributed by atoms with Crippen molar-refractivity contribution >= 4 is 21.4 Å². The second-order valence-corrected chi connectivity index (χ2v) is 8.55. The summed E-state index contributed by atoms with van der Waals surface area (Å²) in [5.41, 5.74) is 1.50. The minimum Gasteiger partial charge on any atom is -0.486 e. The third-order valence-corrected chi connectivity index (χ3v) is 6.29. The Balaban J connectivity index is 1.60. The molecule has 0 bridgehead atoms. The van der Waals surface area contributed by atoms with Crippen LogP contribution in [-0.4, -0.2) is 54.9 Å². The van der Waals surface area contributed by atoms with E-state index in [1.807, 2.05) is 18.2 Å². The number of sulfonamides is 1. The Bertz CT molecular complexity index is 924. The molecule has 2 heterocycles. The van der Waals surface area contributed by atoms with E-state index in [9.17, 15) is 8.42 Å². The number of ether oxygens (including phenoxy) is 2. The van der Waals surface area contributed by atoms with Crippen molar-refractivity contribution < 1.29 is 22.8 Å². The Labute approximate surface area is 159 Å². The fourth-order valence-corrected chi connectivity index (χ4v) is 4.45. The summed E-state index contributed by atoms with van der Waals surface area (Å²) < 4.78 is 39.6. The molecule has 2 aliphatic heterocycles. The Morgan fingerprint density at radius 2 is 1.70 bits per heavy atom. The molecule has 7 nitrogen and oxygen atoms in total. The lowest BCUT2D eigenvalue weighted by Crippen LogP contribution is -3.12. The highest BCUT2D eigenvalue weighted by molar-refractivity contribution is 7.92. The van der Waals surface area contributed by atoms with Gasteiger partial charge in [-0.25, -0.2) is 8.42 Å². The first-order valence-electron chi connectivity index (χ1n) is 9.11. The van der Waals surface area contributed by atoms with Crippen LogP contribution < -0.4 is 24.0 Å². The summed E-state index contributed by atoms with van der Waals surface area (Å²) in [4.78, 5) is 3.87. The van der Waals surface area contributed by atoms with E-state index in [2.05, 4.69) is 16.7 Å². The SMILES string of the molecule is C[NH+]1CCN(c2ccccc2NS(=O)(=O)c2ccc3c(c2)OCCO3)CC1. The molecule has 27 heavy (non-hydrogen) atoms. The summed E-state index contributed by atoms with van der Waals surface area (Å²) in [6.45, 7) is 4.74. The second kappa shape index (κ2) is 7.28. The van der Waals surface area contributed by atoms with Gasteiger partial charge < -0.3 is 19.3 Å². The van der Waals surface area contributed by atoms with E-state index in [-0.39, 0.29) is 4.90 Å². The monoisotopic (exact) mass is 390 g/mol. The number of hydrogen-bond acceptors (Lipinski definition) is 5. The maximum Gasteiger partial charge on any atom is 0.262 e. The van der Waals surface area contributed by atoms with E-state index in [1.54, 1.807) is 12.1 Å². The quantitative estimate of drug-likeness (QED) is 0.800. The van der Waals surface area contributed by atoms with Gasteiger partial charge in [-0.05, 0) is 24.3 Å². The molecule has 0 radical (unpaired) electrons. The average Bonchev–Trinajstić information content (AvgIpc) is 2.68. The van der Waals surface area contributed by atoms with Gasteiger partial charge in [-0.2, -0.15) is 0 Å². The van der Waals surface area contributed by atoms with Crippen LogP contribution in [0.3, 0.4) is 0 Å². The number of fused-ring (bicyclic) bond motifs is 1. The molecule has 0 spiro atoms. The Hall–Kier alpha value is -2.45. The first-order chi connectivity index (χ1) is 13.0. The first-order valence-corrected chi connectivity index (χ1v) is 10.6. The molecule has 8 heteroatoms. The van der Waals surface area contributed by atoms with Crippen molar-refractivity contribution in [2.45, 2.75) is 4.90 Å². The molecule has 0 saturated carbocycles. The lowest BCUT2D eigenvalue weighted by atomic mass is 10.2. The van der Waals surface area contributed by atoms with Crippen LogP contribution in [0, 0.1) is 0 Å². The number of nitrogens with zero attached hydrogens (tertiary/aromatic N) is 1. The van der Waals surface area contributed by atoms with Crippen LogP contribution in [0.1, 0.15) is 0 Å². The molecule has 1 saturated heterocycles. The molecule has 0 aromatic heterocycles. The van der Waals surface area contributed by atoms with Gasteiger partial charge >= 0.3 is 0 Å². The van der Waals surface area contributed by atoms with Crippen LogP contribution in [-0.2, 0) is 10.0 Å². The molecule has 0 amide bonds. The van der Waals surface area contributed by atoms with Crippen molar-refractivity contribution in [3.8, 4) is 11.5 Å². The highest BCUT2D eigenvalue weighted by Crippen LogP contribution is 2.34. The summed E-state index contributed by atoms with van der Waals surface area (Å²) in [7, 11) is -1.56. The topological polar surface area (TPSA) is 72.3 Å². The molecule has 0 unspecified atom stereocenters. The number of rotatable bonds is 4. The summed E-state index contributed by atoms with van der Waals surface area (Å²) in [5.74, 6) is 1.03. The van der Waals surface area contributed by atoms with Crippen molar-refractivity contribution in [3.05, 3.63) is 42.5 Å². The first kappa shape index (κ1) is 17.9. The van der Waals surface area contributed by atoms with Crippen LogP contribution in [0.4, 0.5) is 11.4 Å². The summed E-state index contributed by atoms with van der Waals surface area (Å²) in [6.07, 6.45) is 0. The van der Waals surface area contributed by atoms with Gasteiger partial charge in [0.25, 0.3) is 10.0 Å². The Morgan fingerprint density at radius 3 is 2.48 bits per heavy atom. The van der Waals surface area contributed by atoms with Gasteiger partial charge in [-0.15, -0.1) is 0 Å². The highest BCUT2D eigenvalue weighted by Gasteiger charge is 2.23. The predicted molar refractivity (Wildman–Crippen MR) is 104 cm³/mol. The zero-order valence-electron chi connectivity index (χ0n) is 15.3. The van der Waals surface area contributed by atoms with Gasteiger partial charge in [0.05, 0.1) is 49.5 Å². The molecule has 144 valence electrons. The lowest BCUT2D eigenvalue weighted by molar-refractivity contribution is -0.880. The van der Waals surface area contributed by atoms with Crippen molar-refractivity contribution in [1.82, 2.24) is 0 Å². The number of nitrogens with one attached hydrogen (secondary N) is 2. The number of piperazine rings is 1. The largest absolute Gasteiger partial charge is 0.486 e. The molecule has 2 aromatic carbocycles. The van der Waals surface area contributed by atoms with Gasteiger partial charge in [0.15, 0.2) is 11.5 Å². The number of hydrogen-bond donors (Lipinski definition) is 2. The normalized spacial score (nSPS) is 17.6. The molecular formula is C19H24N3O4S+. The molecule has 0 aliphatic carbocycles. The van der Waals surface area contributed by atoms with Crippen LogP contribution in [0.15, 0.2) is 47.4 Å². The van der Waals surface area contributed by atoms with Gasteiger partial charge in [0.1, 0.15) is 13.2 Å². The molecule has 2 aromatic rings. The molecule has 0 atom stereocenters. The lowest BCUT2D eigenvalue weighted by Gasteiger charge is -2.33. The van der Waals surface area contributed by atoms with Crippen molar-refractivity contribution in [1.29, 1.82) is 0 Å². The minimum absolute atomic E-state index is 0.157. The van der Waals surface area contributed by atoms with Gasteiger partial charge in [-0.1, -0.05) is 12.1 Å². The van der Waals surface area contributed by atoms with Gasteiger partial charge in [-0.3, -0.25) is 4.72 Å².